The van der Waals surface area contributed by atoms with E-state index in [0.717, 1.165) is 18.4 Å². The smallest absolute Gasteiger partial charge is 0.244 e. The molecule has 2 aliphatic carbocycles. The van der Waals surface area contributed by atoms with Crippen molar-refractivity contribution in [1.82, 2.24) is 5.43 Å². The van der Waals surface area contributed by atoms with Crippen molar-refractivity contribution in [3.8, 4) is 17.4 Å². The van der Waals surface area contributed by atoms with E-state index in [0.29, 0.717) is 23.0 Å². The first kappa shape index (κ1) is 16.6. The number of nitrogens with zero attached hydrogens (tertiary/aromatic N) is 2. The predicted molar refractivity (Wildman–Crippen MR) is 98.2 cm³/mol. The van der Waals surface area contributed by atoms with E-state index >= 15 is 0 Å². The van der Waals surface area contributed by atoms with Crippen LogP contribution in [0.15, 0.2) is 45.9 Å². The predicted octanol–water partition coefficient (Wildman–Crippen LogP) is 4.09. The van der Waals surface area contributed by atoms with Crippen LogP contribution in [0, 0.1) is 28.6 Å². The normalized spacial score (nSPS) is 26.9. The van der Waals surface area contributed by atoms with E-state index in [2.05, 4.69) is 23.5 Å². The first-order chi connectivity index (χ1) is 12.6. The van der Waals surface area contributed by atoms with Crippen molar-refractivity contribution in [3.05, 3.63) is 47.7 Å². The van der Waals surface area contributed by atoms with E-state index in [1.54, 1.807) is 18.2 Å². The third-order valence-electron chi connectivity index (χ3n) is 5.92. The lowest BCUT2D eigenvalue weighted by atomic mass is 9.90. The molecular weight excluding hydrogens is 326 g/mol. The van der Waals surface area contributed by atoms with Crippen LogP contribution in [0.3, 0.4) is 0 Å². The van der Waals surface area contributed by atoms with Crippen LogP contribution in [0.5, 0.6) is 0 Å². The first-order valence-electron chi connectivity index (χ1n) is 9.06. The molecule has 3 atom stereocenters. The molecule has 1 heterocycles. The van der Waals surface area contributed by atoms with Gasteiger partial charge in [0.05, 0.1) is 17.8 Å². The van der Waals surface area contributed by atoms with Gasteiger partial charge in [0, 0.05) is 11.5 Å². The summed E-state index contributed by atoms with van der Waals surface area (Å²) in [6, 6.07) is 13.0. The monoisotopic (exact) mass is 347 g/mol. The maximum absolute atomic E-state index is 12.4. The van der Waals surface area contributed by atoms with E-state index in [1.807, 2.05) is 18.2 Å². The molecule has 2 fully saturated rings. The van der Waals surface area contributed by atoms with Crippen LogP contribution in [0.25, 0.3) is 11.3 Å². The van der Waals surface area contributed by atoms with Crippen molar-refractivity contribution in [2.24, 2.45) is 22.4 Å². The molecule has 0 spiro atoms. The molecule has 1 amide bonds. The summed E-state index contributed by atoms with van der Waals surface area (Å²) in [5.74, 6) is 1.77. The van der Waals surface area contributed by atoms with E-state index in [9.17, 15) is 10.1 Å². The zero-order chi connectivity index (χ0) is 18.1. The summed E-state index contributed by atoms with van der Waals surface area (Å²) in [4.78, 5) is 12.4. The average Bonchev–Trinajstić information content (AvgIpc) is 3.03. The van der Waals surface area contributed by atoms with Crippen molar-refractivity contribution in [1.29, 1.82) is 5.26 Å². The molecule has 26 heavy (non-hydrogen) atoms. The van der Waals surface area contributed by atoms with Crippen LogP contribution in [0.2, 0.25) is 0 Å². The molecule has 1 aromatic heterocycles. The maximum atomic E-state index is 12.4. The summed E-state index contributed by atoms with van der Waals surface area (Å²) in [5.41, 5.74) is 4.14. The zero-order valence-electron chi connectivity index (χ0n) is 14.7. The summed E-state index contributed by atoms with van der Waals surface area (Å²) in [6.07, 6.45) is 6.24. The number of carbonyl (C=O) groups is 1. The van der Waals surface area contributed by atoms with Gasteiger partial charge in [-0.15, -0.1) is 0 Å². The van der Waals surface area contributed by atoms with Gasteiger partial charge in [0.2, 0.25) is 5.91 Å². The van der Waals surface area contributed by atoms with Crippen molar-refractivity contribution >= 4 is 12.1 Å². The number of benzene rings is 1. The van der Waals surface area contributed by atoms with Crippen LogP contribution in [0.1, 0.15) is 43.9 Å². The van der Waals surface area contributed by atoms with E-state index in [1.165, 1.54) is 19.1 Å². The van der Waals surface area contributed by atoms with Crippen LogP contribution in [-0.2, 0) is 4.79 Å². The molecule has 2 aromatic rings. The first-order valence-corrected chi connectivity index (χ1v) is 9.06. The molecule has 0 bridgehead atoms. The molecule has 5 heteroatoms. The molecule has 0 saturated heterocycles. The van der Waals surface area contributed by atoms with Crippen molar-refractivity contribution < 1.29 is 9.21 Å². The number of carbonyl (C=O) groups excluding carboxylic acids is 1. The Hall–Kier alpha value is -2.87. The summed E-state index contributed by atoms with van der Waals surface area (Å²) >= 11 is 0. The standard InChI is InChI=1S/C21H21N3O2/c1-21-11-5-4-8-17(21)19(21)20(25)24-23-13-15-9-10-18(26-15)16-7-3-2-6-14(16)12-22/h2-3,6-7,9-10,13,17,19H,4-5,8,11H2,1H3,(H,24,25)/b23-13-/t17-,19-,21-/m0/s1. The Bertz CT molecular complexity index is 908. The molecule has 1 N–H and O–H groups in total. The van der Waals surface area contributed by atoms with Gasteiger partial charge in [-0.25, -0.2) is 5.43 Å². The second kappa shape index (κ2) is 6.45. The lowest BCUT2D eigenvalue weighted by Crippen LogP contribution is -2.22. The van der Waals surface area contributed by atoms with Crippen LogP contribution in [-0.4, -0.2) is 12.1 Å². The van der Waals surface area contributed by atoms with Crippen molar-refractivity contribution in [2.45, 2.75) is 32.6 Å². The Labute approximate surface area is 152 Å². The molecule has 132 valence electrons. The Morgan fingerprint density at radius 1 is 1.35 bits per heavy atom. The van der Waals surface area contributed by atoms with E-state index in [-0.39, 0.29) is 17.2 Å². The van der Waals surface area contributed by atoms with Crippen LogP contribution < -0.4 is 5.43 Å². The molecule has 5 nitrogen and oxygen atoms in total. The van der Waals surface area contributed by atoms with Gasteiger partial charge in [-0.2, -0.15) is 10.4 Å². The minimum atomic E-state index is 0.0113. The number of hydrogen-bond donors (Lipinski definition) is 1. The Morgan fingerprint density at radius 3 is 2.96 bits per heavy atom. The fourth-order valence-corrected chi connectivity index (χ4v) is 4.44. The number of rotatable bonds is 4. The van der Waals surface area contributed by atoms with Gasteiger partial charge < -0.3 is 4.42 Å². The van der Waals surface area contributed by atoms with E-state index in [4.69, 9.17) is 4.42 Å². The highest BCUT2D eigenvalue weighted by molar-refractivity contribution is 5.85. The van der Waals surface area contributed by atoms with Gasteiger partial charge in [-0.1, -0.05) is 31.9 Å². The Kier molecular flexibility index (Phi) is 4.12. The molecule has 0 unspecified atom stereocenters. The third kappa shape index (κ3) is 2.82. The molecule has 4 rings (SSSR count). The molecule has 1 aromatic carbocycles. The third-order valence-corrected chi connectivity index (χ3v) is 5.92. The highest BCUT2D eigenvalue weighted by atomic mass is 16.3. The highest BCUT2D eigenvalue weighted by Crippen LogP contribution is 2.66. The van der Waals surface area contributed by atoms with Gasteiger partial charge in [0.25, 0.3) is 0 Å². The fourth-order valence-electron chi connectivity index (χ4n) is 4.44. The van der Waals surface area contributed by atoms with Crippen molar-refractivity contribution in [2.75, 3.05) is 0 Å². The number of hydrazone groups is 1. The molecule has 0 radical (unpaired) electrons. The fraction of sp³-hybridized carbons (Fsp3) is 0.381. The second-order valence-electron chi connectivity index (χ2n) is 7.43. The van der Waals surface area contributed by atoms with Gasteiger partial charge in [0.15, 0.2) is 0 Å². The van der Waals surface area contributed by atoms with Gasteiger partial charge in [-0.05, 0) is 48.4 Å². The summed E-state index contributed by atoms with van der Waals surface area (Å²) in [5, 5.41) is 13.2. The van der Waals surface area contributed by atoms with Gasteiger partial charge >= 0.3 is 0 Å². The summed E-state index contributed by atoms with van der Waals surface area (Å²) in [6.45, 7) is 2.22. The second-order valence-corrected chi connectivity index (χ2v) is 7.43. The number of fused-ring (bicyclic) bond motifs is 1. The summed E-state index contributed by atoms with van der Waals surface area (Å²) in [7, 11) is 0. The van der Waals surface area contributed by atoms with Crippen LogP contribution in [0.4, 0.5) is 0 Å². The Balaban J connectivity index is 1.40. The number of nitriles is 1. The molecular formula is C21H21N3O2. The Morgan fingerprint density at radius 2 is 2.19 bits per heavy atom. The van der Waals surface area contributed by atoms with Crippen LogP contribution >= 0.6 is 0 Å². The quantitative estimate of drug-likeness (QED) is 0.668. The number of furan rings is 1. The average molecular weight is 347 g/mol. The lowest BCUT2D eigenvalue weighted by Gasteiger charge is -2.15. The maximum Gasteiger partial charge on any atom is 0.244 e. The highest BCUT2D eigenvalue weighted by Gasteiger charge is 2.64. The topological polar surface area (TPSA) is 78.4 Å². The lowest BCUT2D eigenvalue weighted by molar-refractivity contribution is -0.123. The number of nitrogens with one attached hydrogen (secondary N) is 1. The van der Waals surface area contributed by atoms with E-state index < -0.39 is 0 Å². The molecule has 0 aliphatic heterocycles. The minimum absolute atomic E-state index is 0.0113. The van der Waals surface area contributed by atoms with Gasteiger partial charge in [-0.3, -0.25) is 4.79 Å². The number of hydrogen-bond acceptors (Lipinski definition) is 4. The molecule has 2 saturated carbocycles. The van der Waals surface area contributed by atoms with Gasteiger partial charge in [0.1, 0.15) is 11.5 Å². The SMILES string of the molecule is C[C@]12CCCC[C@H]1[C@H]2C(=O)N/N=C\c1ccc(-c2ccccc2C#N)o1. The zero-order valence-corrected chi connectivity index (χ0v) is 14.7. The minimum Gasteiger partial charge on any atom is -0.455 e. The largest absolute Gasteiger partial charge is 0.455 e. The summed E-state index contributed by atoms with van der Waals surface area (Å²) < 4.78 is 5.73. The molecule has 2 aliphatic rings. The number of amides is 1. The van der Waals surface area contributed by atoms with Crippen molar-refractivity contribution in [3.63, 3.8) is 0 Å².